The Labute approximate surface area is 133 Å². The smallest absolute Gasteiger partial charge is 0.232 e. The number of nitrogens with one attached hydrogen (secondary N) is 1. The molecule has 2 rings (SSSR count). The van der Waals surface area contributed by atoms with E-state index in [0.717, 1.165) is 45.0 Å². The highest BCUT2D eigenvalue weighted by molar-refractivity contribution is 7.92. The predicted molar refractivity (Wildman–Crippen MR) is 90.1 cm³/mol. The summed E-state index contributed by atoms with van der Waals surface area (Å²) < 4.78 is 30.7. The van der Waals surface area contributed by atoms with Crippen molar-refractivity contribution in [1.82, 2.24) is 4.90 Å². The monoisotopic (exact) mass is 327 g/mol. The molecule has 1 N–H and O–H groups in total. The number of piperazine rings is 1. The van der Waals surface area contributed by atoms with Crippen molar-refractivity contribution in [1.29, 1.82) is 0 Å². The lowest BCUT2D eigenvalue weighted by Crippen LogP contribution is -2.47. The molecule has 1 fully saturated rings. The number of rotatable bonds is 7. The zero-order valence-corrected chi connectivity index (χ0v) is 14.1. The standard InChI is InChI=1S/C15H25N3O3S/c1-3-22(19,20)16-14-4-6-15(7-5-14)18-10-8-17(9-11-18)12-13-21-2/h4-7,16H,3,8-13H2,1-2H3. The Morgan fingerprint density at radius 1 is 1.14 bits per heavy atom. The van der Waals surface area contributed by atoms with E-state index in [0.29, 0.717) is 5.69 Å². The fourth-order valence-electron chi connectivity index (χ4n) is 2.44. The van der Waals surface area contributed by atoms with Gasteiger partial charge in [0.1, 0.15) is 0 Å². The minimum Gasteiger partial charge on any atom is -0.383 e. The Morgan fingerprint density at radius 3 is 2.32 bits per heavy atom. The third-order valence-corrected chi connectivity index (χ3v) is 5.18. The van der Waals surface area contributed by atoms with Crippen LogP contribution in [0.2, 0.25) is 0 Å². The molecular formula is C15H25N3O3S. The topological polar surface area (TPSA) is 61.9 Å². The maximum Gasteiger partial charge on any atom is 0.232 e. The van der Waals surface area contributed by atoms with Crippen LogP contribution in [-0.2, 0) is 14.8 Å². The third kappa shape index (κ3) is 4.86. The Kier molecular flexibility index (Phi) is 6.05. The summed E-state index contributed by atoms with van der Waals surface area (Å²) >= 11 is 0. The first-order valence-electron chi connectivity index (χ1n) is 7.61. The van der Waals surface area contributed by atoms with Crippen LogP contribution in [0.25, 0.3) is 0 Å². The van der Waals surface area contributed by atoms with Gasteiger partial charge in [0.2, 0.25) is 10.0 Å². The highest BCUT2D eigenvalue weighted by Gasteiger charge is 2.17. The van der Waals surface area contributed by atoms with Gasteiger partial charge in [0.15, 0.2) is 0 Å². The van der Waals surface area contributed by atoms with Crippen LogP contribution in [0.4, 0.5) is 11.4 Å². The molecule has 0 unspecified atom stereocenters. The number of methoxy groups -OCH3 is 1. The first kappa shape index (κ1) is 17.1. The van der Waals surface area contributed by atoms with Crippen LogP contribution in [0.15, 0.2) is 24.3 Å². The fourth-order valence-corrected chi connectivity index (χ4v) is 3.08. The number of anilines is 2. The first-order chi connectivity index (χ1) is 10.5. The molecule has 1 aliphatic rings. The minimum atomic E-state index is -3.21. The molecule has 0 aromatic heterocycles. The number of benzene rings is 1. The van der Waals surface area contributed by atoms with Gasteiger partial charge in [-0.25, -0.2) is 8.42 Å². The van der Waals surface area contributed by atoms with Crippen LogP contribution in [0.5, 0.6) is 0 Å². The SMILES string of the molecule is CCS(=O)(=O)Nc1ccc(N2CCN(CCOC)CC2)cc1. The number of hydrogen-bond donors (Lipinski definition) is 1. The second kappa shape index (κ2) is 7.80. The average molecular weight is 327 g/mol. The fraction of sp³-hybridized carbons (Fsp3) is 0.600. The molecule has 0 amide bonds. The minimum absolute atomic E-state index is 0.0815. The third-order valence-electron chi connectivity index (χ3n) is 3.87. The molecule has 1 aromatic rings. The second-order valence-corrected chi connectivity index (χ2v) is 7.38. The van der Waals surface area contributed by atoms with E-state index in [1.54, 1.807) is 14.0 Å². The summed E-state index contributed by atoms with van der Waals surface area (Å²) in [6, 6.07) is 7.58. The maximum atomic E-state index is 11.5. The van der Waals surface area contributed by atoms with Crippen molar-refractivity contribution < 1.29 is 13.2 Å². The average Bonchev–Trinajstić information content (AvgIpc) is 2.54. The highest BCUT2D eigenvalue weighted by Crippen LogP contribution is 2.20. The van der Waals surface area contributed by atoms with Crippen LogP contribution in [-0.4, -0.2) is 65.5 Å². The van der Waals surface area contributed by atoms with Gasteiger partial charge in [-0.15, -0.1) is 0 Å². The number of ether oxygens (including phenoxy) is 1. The first-order valence-corrected chi connectivity index (χ1v) is 9.26. The van der Waals surface area contributed by atoms with Gasteiger partial charge in [0.05, 0.1) is 12.4 Å². The molecule has 22 heavy (non-hydrogen) atoms. The Morgan fingerprint density at radius 2 is 1.77 bits per heavy atom. The van der Waals surface area contributed by atoms with E-state index in [9.17, 15) is 8.42 Å². The molecule has 6 nitrogen and oxygen atoms in total. The van der Waals surface area contributed by atoms with E-state index in [2.05, 4.69) is 14.5 Å². The van der Waals surface area contributed by atoms with Gasteiger partial charge in [0.25, 0.3) is 0 Å². The lowest BCUT2D eigenvalue weighted by atomic mass is 10.2. The van der Waals surface area contributed by atoms with Crippen LogP contribution in [0, 0.1) is 0 Å². The summed E-state index contributed by atoms with van der Waals surface area (Å²) in [5, 5.41) is 0. The van der Waals surface area contributed by atoms with Crippen LogP contribution < -0.4 is 9.62 Å². The Balaban J connectivity index is 1.89. The molecule has 0 saturated carbocycles. The van der Waals surface area contributed by atoms with E-state index in [1.165, 1.54) is 0 Å². The van der Waals surface area contributed by atoms with Gasteiger partial charge in [-0.05, 0) is 31.2 Å². The quantitative estimate of drug-likeness (QED) is 0.816. The van der Waals surface area contributed by atoms with Crippen molar-refractivity contribution in [3.8, 4) is 0 Å². The zero-order valence-electron chi connectivity index (χ0n) is 13.3. The largest absolute Gasteiger partial charge is 0.383 e. The molecule has 1 saturated heterocycles. The Hall–Kier alpha value is -1.31. The summed E-state index contributed by atoms with van der Waals surface area (Å²) in [5.41, 5.74) is 1.75. The summed E-state index contributed by atoms with van der Waals surface area (Å²) in [7, 11) is -1.48. The summed E-state index contributed by atoms with van der Waals surface area (Å²) in [6.07, 6.45) is 0. The van der Waals surface area contributed by atoms with Gasteiger partial charge in [-0.2, -0.15) is 0 Å². The predicted octanol–water partition coefficient (Wildman–Crippen LogP) is 1.22. The van der Waals surface area contributed by atoms with E-state index in [4.69, 9.17) is 4.74 Å². The molecule has 0 bridgehead atoms. The molecule has 124 valence electrons. The van der Waals surface area contributed by atoms with Crippen molar-refractivity contribution in [2.24, 2.45) is 0 Å². The van der Waals surface area contributed by atoms with Crippen LogP contribution >= 0.6 is 0 Å². The van der Waals surface area contributed by atoms with Gasteiger partial charge < -0.3 is 9.64 Å². The maximum absolute atomic E-state index is 11.5. The lowest BCUT2D eigenvalue weighted by molar-refractivity contribution is 0.144. The van der Waals surface area contributed by atoms with Crippen molar-refractivity contribution in [3.05, 3.63) is 24.3 Å². The molecule has 0 atom stereocenters. The van der Waals surface area contributed by atoms with E-state index in [-0.39, 0.29) is 5.75 Å². The number of nitrogens with zero attached hydrogens (tertiary/aromatic N) is 2. The molecular weight excluding hydrogens is 302 g/mol. The highest BCUT2D eigenvalue weighted by atomic mass is 32.2. The summed E-state index contributed by atoms with van der Waals surface area (Å²) in [4.78, 5) is 4.71. The van der Waals surface area contributed by atoms with E-state index >= 15 is 0 Å². The van der Waals surface area contributed by atoms with Crippen molar-refractivity contribution in [2.75, 3.05) is 61.8 Å². The molecule has 1 aromatic carbocycles. The second-order valence-electron chi connectivity index (χ2n) is 5.37. The summed E-state index contributed by atoms with van der Waals surface area (Å²) in [6.45, 7) is 7.36. The van der Waals surface area contributed by atoms with Gasteiger partial charge in [-0.3, -0.25) is 9.62 Å². The number of hydrogen-bond acceptors (Lipinski definition) is 5. The van der Waals surface area contributed by atoms with E-state index in [1.807, 2.05) is 24.3 Å². The van der Waals surface area contributed by atoms with Crippen molar-refractivity contribution in [2.45, 2.75) is 6.92 Å². The molecule has 0 aliphatic carbocycles. The molecule has 7 heteroatoms. The molecule has 1 aliphatic heterocycles. The van der Waals surface area contributed by atoms with Crippen LogP contribution in [0.3, 0.4) is 0 Å². The number of sulfonamides is 1. The molecule has 0 radical (unpaired) electrons. The summed E-state index contributed by atoms with van der Waals surface area (Å²) in [5.74, 6) is 0.0815. The molecule has 0 spiro atoms. The molecule has 1 heterocycles. The lowest BCUT2D eigenvalue weighted by Gasteiger charge is -2.36. The van der Waals surface area contributed by atoms with Crippen molar-refractivity contribution in [3.63, 3.8) is 0 Å². The van der Waals surface area contributed by atoms with Gasteiger partial charge in [-0.1, -0.05) is 0 Å². The van der Waals surface area contributed by atoms with Gasteiger partial charge >= 0.3 is 0 Å². The van der Waals surface area contributed by atoms with E-state index < -0.39 is 10.0 Å². The van der Waals surface area contributed by atoms with Crippen LogP contribution in [0.1, 0.15) is 6.92 Å². The normalized spacial score (nSPS) is 16.7. The van der Waals surface area contributed by atoms with Crippen molar-refractivity contribution >= 4 is 21.4 Å². The Bertz CT molecular complexity index is 552. The zero-order chi connectivity index (χ0) is 16.0. The van der Waals surface area contributed by atoms with Gasteiger partial charge in [0, 0.05) is 51.2 Å².